The first-order valence-corrected chi connectivity index (χ1v) is 9.97. The average molecular weight is 562 g/mol. The van der Waals surface area contributed by atoms with Crippen LogP contribution in [0.5, 0.6) is 11.5 Å². The number of phenolic OH excluding ortho intramolecular Hbond substituents is 2. The van der Waals surface area contributed by atoms with Gasteiger partial charge in [0.05, 0.1) is 11.1 Å². The van der Waals surface area contributed by atoms with Crippen LogP contribution in [0.2, 0.25) is 0 Å². The van der Waals surface area contributed by atoms with Crippen LogP contribution in [0.4, 0.5) is 0 Å². The van der Waals surface area contributed by atoms with E-state index in [1.54, 1.807) is 36.4 Å². The summed E-state index contributed by atoms with van der Waals surface area (Å²) in [5.41, 5.74) is 4.25. The molecule has 2 heterocycles. The first kappa shape index (κ1) is 23.2. The number of hydrogen-bond acceptors (Lipinski definition) is 6. The molecule has 0 radical (unpaired) electrons. The molecule has 6 rings (SSSR count). The van der Waals surface area contributed by atoms with Gasteiger partial charge in [0.2, 0.25) is 11.8 Å². The maximum absolute atomic E-state index is 9.69. The van der Waals surface area contributed by atoms with Crippen LogP contribution in [-0.2, 0) is 0 Å². The van der Waals surface area contributed by atoms with E-state index in [9.17, 15) is 10.2 Å². The second-order valence-electron chi connectivity index (χ2n) is 7.01. The number of rotatable bonds is 2. The molecule has 0 saturated heterocycles. The topological polar surface area (TPSA) is 92.5 Å². The summed E-state index contributed by atoms with van der Waals surface area (Å²) in [7, 11) is 0. The Hall–Kier alpha value is -3.01. The Bertz CT molecular complexity index is 1340. The summed E-state index contributed by atoms with van der Waals surface area (Å²) >= 11 is 0. The van der Waals surface area contributed by atoms with Gasteiger partial charge in [0, 0.05) is 0 Å². The molecule has 0 unspecified atom stereocenters. The van der Waals surface area contributed by atoms with E-state index in [-0.39, 0.29) is 60.4 Å². The van der Waals surface area contributed by atoms with Crippen molar-refractivity contribution in [2.75, 3.05) is 0 Å². The molecule has 4 aromatic carbocycles. The van der Waals surface area contributed by atoms with Gasteiger partial charge in [-0.3, -0.25) is 0 Å². The Morgan fingerprint density at radius 3 is 1.24 bits per heavy atom. The zero-order valence-electron chi connectivity index (χ0n) is 16.8. The summed E-state index contributed by atoms with van der Waals surface area (Å²) in [6, 6.07) is 29.0. The molecule has 6 aromatic rings. The van der Waals surface area contributed by atoms with Gasteiger partial charge in [-0.15, -0.1) is 0 Å². The van der Waals surface area contributed by atoms with Crippen LogP contribution < -0.4 is 0 Å². The molecule has 0 aliphatic heterocycles. The fraction of sp³-hybridized carbons (Fsp3) is 0. The Kier molecular flexibility index (Phi) is 7.22. The summed E-state index contributed by atoms with van der Waals surface area (Å²) in [6.07, 6.45) is 0. The fourth-order valence-electron chi connectivity index (χ4n) is 3.28. The number of aromatic hydroxyl groups is 2. The number of oxazole rings is 2. The first-order chi connectivity index (χ1) is 15.7. The third-order valence-corrected chi connectivity index (χ3v) is 4.86. The summed E-state index contributed by atoms with van der Waals surface area (Å²) in [4.78, 5) is 8.63. The molecule has 0 spiro atoms. The third kappa shape index (κ3) is 5.00. The molecule has 0 aliphatic carbocycles. The molecule has 2 N–H and O–H groups in total. The predicted molar refractivity (Wildman–Crippen MR) is 131 cm³/mol. The Morgan fingerprint density at radius 1 is 0.485 bits per heavy atom. The van der Waals surface area contributed by atoms with Gasteiger partial charge in [-0.05, 0) is 48.5 Å². The molecule has 0 amide bonds. The van der Waals surface area contributed by atoms with Gasteiger partial charge in [-0.1, -0.05) is 48.5 Å². The zero-order valence-corrected chi connectivity index (χ0v) is 16.8. The maximum atomic E-state index is 9.69. The second-order valence-corrected chi connectivity index (χ2v) is 7.01. The van der Waals surface area contributed by atoms with E-state index in [1.807, 2.05) is 60.7 Å². The molecule has 0 fully saturated rings. The monoisotopic (exact) mass is 562 g/mol. The van der Waals surface area contributed by atoms with E-state index in [0.29, 0.717) is 22.9 Å². The Labute approximate surface area is 229 Å². The summed E-state index contributed by atoms with van der Waals surface area (Å²) in [5, 5.41) is 19.4. The summed E-state index contributed by atoms with van der Waals surface area (Å²) < 4.78 is 11.1. The first-order valence-electron chi connectivity index (χ1n) is 9.97. The van der Waals surface area contributed by atoms with Gasteiger partial charge < -0.3 is 19.0 Å². The minimum atomic E-state index is 0. The zero-order chi connectivity index (χ0) is 21.9. The number of benzene rings is 4. The van der Waals surface area contributed by atoms with Crippen LogP contribution in [-0.4, -0.2) is 69.1 Å². The van der Waals surface area contributed by atoms with Crippen LogP contribution in [0, 0.1) is 0 Å². The van der Waals surface area contributed by atoms with E-state index in [1.165, 1.54) is 0 Å². The van der Waals surface area contributed by atoms with E-state index < -0.39 is 0 Å². The molecule has 0 bridgehead atoms. The number of nitrogens with zero attached hydrogens (tertiary/aromatic N) is 2. The molecular weight excluding hydrogens is 542 g/mol. The number of fused-ring (bicyclic) bond motifs is 2. The fourth-order valence-corrected chi connectivity index (χ4v) is 3.28. The molecule has 6 nitrogen and oxygen atoms in total. The number of phenols is 2. The van der Waals surface area contributed by atoms with E-state index in [2.05, 4.69) is 9.97 Å². The molecular formula is C26H20BaN2O4. The Balaban J connectivity index is 0.000000152. The minimum absolute atomic E-state index is 0. The van der Waals surface area contributed by atoms with Gasteiger partial charge in [-0.25, -0.2) is 9.97 Å². The molecule has 160 valence electrons. The van der Waals surface area contributed by atoms with Gasteiger partial charge in [0.15, 0.2) is 11.2 Å². The van der Waals surface area contributed by atoms with Crippen LogP contribution in [0.3, 0.4) is 0 Å². The molecule has 2 aromatic heterocycles. The van der Waals surface area contributed by atoms with E-state index in [4.69, 9.17) is 8.83 Å². The average Bonchev–Trinajstić information content (AvgIpc) is 3.44. The van der Waals surface area contributed by atoms with Crippen molar-refractivity contribution in [3.8, 4) is 34.4 Å². The Morgan fingerprint density at radius 2 is 0.848 bits per heavy atom. The van der Waals surface area contributed by atoms with Gasteiger partial charge in [0.1, 0.15) is 22.5 Å². The molecule has 7 heteroatoms. The van der Waals surface area contributed by atoms with Crippen molar-refractivity contribution in [1.82, 2.24) is 9.97 Å². The standard InChI is InChI=1S/2C13H9NO2.Ba.2H/c2*15-11-7-3-1-5-9(11)13-14-10-6-2-4-8-12(10)16-13;;;/h2*1-8,15H;;;. The summed E-state index contributed by atoms with van der Waals surface area (Å²) in [5.74, 6) is 1.24. The normalized spacial score (nSPS) is 10.4. The van der Waals surface area contributed by atoms with Crippen LogP contribution in [0.15, 0.2) is 106 Å². The number of aromatic nitrogens is 2. The molecule has 33 heavy (non-hydrogen) atoms. The molecule has 0 atom stereocenters. The van der Waals surface area contributed by atoms with E-state index in [0.717, 1.165) is 22.2 Å². The molecule has 0 aliphatic rings. The SMILES string of the molecule is Oc1ccccc1-c1nc2ccccc2o1.Oc1ccccc1-c1nc2ccccc2o1.[BaH2]. The van der Waals surface area contributed by atoms with Crippen molar-refractivity contribution in [3.63, 3.8) is 0 Å². The van der Waals surface area contributed by atoms with Crippen molar-refractivity contribution < 1.29 is 19.0 Å². The number of para-hydroxylation sites is 6. The molecule has 0 saturated carbocycles. The van der Waals surface area contributed by atoms with Gasteiger partial charge in [-0.2, -0.15) is 0 Å². The van der Waals surface area contributed by atoms with Crippen LogP contribution in [0.25, 0.3) is 45.1 Å². The number of hydrogen-bond donors (Lipinski definition) is 2. The quantitative estimate of drug-likeness (QED) is 0.272. The van der Waals surface area contributed by atoms with Crippen molar-refractivity contribution in [1.29, 1.82) is 0 Å². The van der Waals surface area contributed by atoms with Gasteiger partial charge >= 0.3 is 48.9 Å². The third-order valence-electron chi connectivity index (χ3n) is 4.86. The second kappa shape index (κ2) is 10.3. The van der Waals surface area contributed by atoms with Crippen molar-refractivity contribution in [3.05, 3.63) is 97.1 Å². The van der Waals surface area contributed by atoms with E-state index >= 15 is 0 Å². The summed E-state index contributed by atoms with van der Waals surface area (Å²) in [6.45, 7) is 0. The van der Waals surface area contributed by atoms with Crippen LogP contribution in [0.1, 0.15) is 0 Å². The predicted octanol–water partition coefficient (Wildman–Crippen LogP) is 5.48. The van der Waals surface area contributed by atoms with Crippen molar-refractivity contribution in [2.24, 2.45) is 0 Å². The van der Waals surface area contributed by atoms with Crippen LogP contribution >= 0.6 is 0 Å². The van der Waals surface area contributed by atoms with Crippen molar-refractivity contribution in [2.45, 2.75) is 0 Å². The van der Waals surface area contributed by atoms with Crippen molar-refractivity contribution >= 4 is 71.1 Å². The van der Waals surface area contributed by atoms with Gasteiger partial charge in [0.25, 0.3) is 0 Å².